The molecule has 0 atom stereocenters. The zero-order valence-corrected chi connectivity index (χ0v) is 18.8. The number of piperidine rings is 1. The lowest BCUT2D eigenvalue weighted by atomic mass is 10.1. The van der Waals surface area contributed by atoms with Crippen LogP contribution in [0.2, 0.25) is 0 Å². The smallest absolute Gasteiger partial charge is 0.275 e. The molecule has 1 amide bonds. The van der Waals surface area contributed by atoms with E-state index in [1.54, 1.807) is 24.3 Å². The highest BCUT2D eigenvalue weighted by molar-refractivity contribution is 7.89. The van der Waals surface area contributed by atoms with Gasteiger partial charge in [-0.05, 0) is 43.2 Å². The van der Waals surface area contributed by atoms with Gasteiger partial charge < -0.3 is 5.32 Å². The minimum absolute atomic E-state index is 0.0254. The lowest BCUT2D eigenvalue weighted by Gasteiger charge is -2.25. The predicted octanol–water partition coefficient (Wildman–Crippen LogP) is 2.13. The molecule has 3 aromatic rings. The van der Waals surface area contributed by atoms with E-state index >= 15 is 0 Å². The molecule has 0 saturated carbocycles. The minimum atomic E-state index is -3.56. The number of aromatic nitrogens is 2. The summed E-state index contributed by atoms with van der Waals surface area (Å²) in [5.41, 5.74) is 0.552. The van der Waals surface area contributed by atoms with Gasteiger partial charge in [-0.1, -0.05) is 30.5 Å². The Kier molecular flexibility index (Phi) is 6.58. The number of hydrogen-bond acceptors (Lipinski definition) is 5. The number of terminal acetylenes is 1. The Morgan fingerprint density at radius 2 is 1.70 bits per heavy atom. The zero-order chi connectivity index (χ0) is 23.4. The van der Waals surface area contributed by atoms with Gasteiger partial charge in [0.05, 0.1) is 22.5 Å². The molecule has 1 saturated heterocycles. The number of benzene rings is 2. The number of nitrogens with zero attached hydrogens (tertiary/aromatic N) is 3. The molecule has 1 aliphatic heterocycles. The van der Waals surface area contributed by atoms with Crippen LogP contribution in [-0.4, -0.2) is 41.5 Å². The van der Waals surface area contributed by atoms with Crippen molar-refractivity contribution in [2.75, 3.05) is 13.1 Å². The monoisotopic (exact) mass is 464 g/mol. The molecule has 0 unspecified atom stereocenters. The highest BCUT2D eigenvalue weighted by Gasteiger charge is 2.26. The number of carbonyl (C=O) groups is 1. The summed E-state index contributed by atoms with van der Waals surface area (Å²) in [6, 6.07) is 12.9. The molecule has 8 nitrogen and oxygen atoms in total. The lowest BCUT2D eigenvalue weighted by molar-refractivity contribution is 0.0950. The van der Waals surface area contributed by atoms with Crippen molar-refractivity contribution in [1.82, 2.24) is 19.4 Å². The Labute approximate surface area is 192 Å². The SMILES string of the molecule is C#CCn1nc(CNC(=O)c2ccc(S(=O)(=O)N3CCCCC3)cc2)c2ccccc2c1=O. The van der Waals surface area contributed by atoms with Crippen LogP contribution in [0.4, 0.5) is 0 Å². The standard InChI is InChI=1S/C24H24N4O4S/c1-2-14-28-24(30)21-9-5-4-8-20(21)22(26-28)17-25-23(29)18-10-12-19(13-11-18)33(31,32)27-15-6-3-7-16-27/h1,4-5,8-13H,3,6-7,14-17H2,(H,25,29). The van der Waals surface area contributed by atoms with Gasteiger partial charge in [0.25, 0.3) is 11.5 Å². The summed E-state index contributed by atoms with van der Waals surface area (Å²) in [6.07, 6.45) is 8.10. The van der Waals surface area contributed by atoms with Crippen molar-refractivity contribution < 1.29 is 13.2 Å². The van der Waals surface area contributed by atoms with Crippen LogP contribution < -0.4 is 10.9 Å². The molecule has 9 heteroatoms. The number of hydrogen-bond donors (Lipinski definition) is 1. The van der Waals surface area contributed by atoms with Gasteiger partial charge in [-0.3, -0.25) is 9.59 Å². The molecule has 170 valence electrons. The highest BCUT2D eigenvalue weighted by atomic mass is 32.2. The van der Waals surface area contributed by atoms with Gasteiger partial charge >= 0.3 is 0 Å². The van der Waals surface area contributed by atoms with Crippen LogP contribution in [0, 0.1) is 12.3 Å². The van der Waals surface area contributed by atoms with Crippen LogP contribution in [0.5, 0.6) is 0 Å². The number of rotatable bonds is 6. The third-order valence-corrected chi connectivity index (χ3v) is 7.58. The Hall–Kier alpha value is -3.48. The van der Waals surface area contributed by atoms with Crippen LogP contribution in [0.3, 0.4) is 0 Å². The van der Waals surface area contributed by atoms with Gasteiger partial charge in [0.2, 0.25) is 10.0 Å². The van der Waals surface area contributed by atoms with Gasteiger partial charge in [-0.15, -0.1) is 6.42 Å². The Bertz CT molecular complexity index is 1380. The zero-order valence-electron chi connectivity index (χ0n) is 18.0. The van der Waals surface area contributed by atoms with Gasteiger partial charge in [0.15, 0.2) is 0 Å². The molecule has 0 bridgehead atoms. The Balaban J connectivity index is 1.52. The van der Waals surface area contributed by atoms with E-state index in [-0.39, 0.29) is 29.5 Å². The van der Waals surface area contributed by atoms with Crippen molar-refractivity contribution in [3.05, 3.63) is 70.1 Å². The third kappa shape index (κ3) is 4.67. The first-order valence-corrected chi connectivity index (χ1v) is 12.2. The van der Waals surface area contributed by atoms with E-state index in [0.717, 1.165) is 19.3 Å². The van der Waals surface area contributed by atoms with E-state index in [9.17, 15) is 18.0 Å². The highest BCUT2D eigenvalue weighted by Crippen LogP contribution is 2.21. The first-order valence-electron chi connectivity index (χ1n) is 10.7. The molecular weight excluding hydrogens is 440 g/mol. The molecule has 1 fully saturated rings. The van der Waals surface area contributed by atoms with E-state index in [4.69, 9.17) is 6.42 Å². The summed E-state index contributed by atoms with van der Waals surface area (Å²) in [4.78, 5) is 25.4. The Morgan fingerprint density at radius 1 is 1.03 bits per heavy atom. The van der Waals surface area contributed by atoms with Crippen molar-refractivity contribution in [3.63, 3.8) is 0 Å². The van der Waals surface area contributed by atoms with Crippen LogP contribution in [0.15, 0.2) is 58.2 Å². The van der Waals surface area contributed by atoms with Crippen LogP contribution >= 0.6 is 0 Å². The molecule has 4 rings (SSSR count). The largest absolute Gasteiger partial charge is 0.346 e. The second-order valence-corrected chi connectivity index (χ2v) is 9.77. The first-order chi connectivity index (χ1) is 15.9. The lowest BCUT2D eigenvalue weighted by Crippen LogP contribution is -2.35. The van der Waals surface area contributed by atoms with E-state index < -0.39 is 10.0 Å². The van der Waals surface area contributed by atoms with Crippen LogP contribution in [-0.2, 0) is 23.1 Å². The molecule has 1 aliphatic rings. The molecular formula is C24H24N4O4S. The fourth-order valence-electron chi connectivity index (χ4n) is 3.93. The van der Waals surface area contributed by atoms with E-state index in [1.165, 1.54) is 33.3 Å². The summed E-state index contributed by atoms with van der Waals surface area (Å²) in [6.45, 7) is 1.15. The molecule has 1 N–H and O–H groups in total. The average molecular weight is 465 g/mol. The van der Waals surface area contributed by atoms with Gasteiger partial charge in [0.1, 0.15) is 6.54 Å². The predicted molar refractivity (Wildman–Crippen MR) is 125 cm³/mol. The molecule has 1 aromatic heterocycles. The average Bonchev–Trinajstić information content (AvgIpc) is 2.85. The summed E-state index contributed by atoms with van der Waals surface area (Å²) >= 11 is 0. The van der Waals surface area contributed by atoms with Gasteiger partial charge in [0, 0.05) is 24.0 Å². The van der Waals surface area contributed by atoms with E-state index in [0.29, 0.717) is 35.1 Å². The maximum absolute atomic E-state index is 12.8. The second kappa shape index (κ2) is 9.57. The molecule has 0 aliphatic carbocycles. The number of amides is 1. The number of sulfonamides is 1. The normalized spacial score (nSPS) is 14.6. The first kappa shape index (κ1) is 22.7. The second-order valence-electron chi connectivity index (χ2n) is 7.83. The summed E-state index contributed by atoms with van der Waals surface area (Å²) in [5, 5.41) is 8.22. The van der Waals surface area contributed by atoms with Crippen molar-refractivity contribution in [2.24, 2.45) is 0 Å². The van der Waals surface area contributed by atoms with Gasteiger partial charge in [-0.2, -0.15) is 9.40 Å². The molecule has 33 heavy (non-hydrogen) atoms. The number of nitrogens with one attached hydrogen (secondary N) is 1. The van der Waals surface area contributed by atoms with Gasteiger partial charge in [-0.25, -0.2) is 13.1 Å². The minimum Gasteiger partial charge on any atom is -0.346 e. The molecule has 2 heterocycles. The fraction of sp³-hybridized carbons (Fsp3) is 0.292. The van der Waals surface area contributed by atoms with Crippen LogP contribution in [0.25, 0.3) is 10.8 Å². The third-order valence-electron chi connectivity index (χ3n) is 5.67. The fourth-order valence-corrected chi connectivity index (χ4v) is 5.45. The van der Waals surface area contributed by atoms with E-state index in [2.05, 4.69) is 16.3 Å². The number of carbonyl (C=O) groups excluding carboxylic acids is 1. The summed E-state index contributed by atoms with van der Waals surface area (Å²) in [5.74, 6) is 2.03. The van der Waals surface area contributed by atoms with Crippen LogP contribution in [0.1, 0.15) is 35.3 Å². The van der Waals surface area contributed by atoms with E-state index in [1.807, 2.05) is 0 Å². The molecule has 0 spiro atoms. The summed E-state index contributed by atoms with van der Waals surface area (Å²) in [7, 11) is -3.56. The maximum Gasteiger partial charge on any atom is 0.275 e. The van der Waals surface area contributed by atoms with Crippen molar-refractivity contribution in [1.29, 1.82) is 0 Å². The summed E-state index contributed by atoms with van der Waals surface area (Å²) < 4.78 is 28.3. The topological polar surface area (TPSA) is 101 Å². The van der Waals surface area contributed by atoms with Crippen molar-refractivity contribution in [3.8, 4) is 12.3 Å². The quantitative estimate of drug-likeness (QED) is 0.563. The maximum atomic E-state index is 12.8. The van der Waals surface area contributed by atoms with Crippen molar-refractivity contribution in [2.45, 2.75) is 37.2 Å². The Morgan fingerprint density at radius 3 is 2.36 bits per heavy atom. The number of fused-ring (bicyclic) bond motifs is 1. The molecule has 2 aromatic carbocycles. The van der Waals surface area contributed by atoms with Crippen molar-refractivity contribution >= 4 is 26.7 Å². The molecule has 0 radical (unpaired) electrons.